The molecule has 0 aliphatic rings. The second kappa shape index (κ2) is 6.69. The lowest BCUT2D eigenvalue weighted by Crippen LogP contribution is -2.41. The molecule has 21 heavy (non-hydrogen) atoms. The van der Waals surface area contributed by atoms with Crippen molar-refractivity contribution in [3.63, 3.8) is 0 Å². The second-order valence-electron chi connectivity index (χ2n) is 5.71. The fraction of sp³-hybridized carbons (Fsp3) is 0.714. The van der Waals surface area contributed by atoms with Crippen molar-refractivity contribution in [1.29, 1.82) is 0 Å². The molecular formula is C14H25N5O2. The van der Waals surface area contributed by atoms with E-state index >= 15 is 0 Å². The molecule has 0 aromatic carbocycles. The van der Waals surface area contributed by atoms with Gasteiger partial charge in [0.1, 0.15) is 5.69 Å². The highest BCUT2D eigenvalue weighted by molar-refractivity contribution is 5.63. The Kier molecular flexibility index (Phi) is 5.46. The lowest BCUT2D eigenvalue weighted by Gasteiger charge is -2.35. The van der Waals surface area contributed by atoms with Gasteiger partial charge in [-0.05, 0) is 33.6 Å². The molecular weight excluding hydrogens is 270 g/mol. The van der Waals surface area contributed by atoms with Crippen LogP contribution in [0.5, 0.6) is 0 Å². The predicted octanol–water partition coefficient (Wildman–Crippen LogP) is 3.14. The summed E-state index contributed by atoms with van der Waals surface area (Å²) < 4.78 is 0. The van der Waals surface area contributed by atoms with Crippen molar-refractivity contribution in [3.05, 3.63) is 15.8 Å². The Morgan fingerprint density at radius 3 is 2.43 bits per heavy atom. The zero-order valence-electron chi connectivity index (χ0n) is 13.7. The van der Waals surface area contributed by atoms with Crippen molar-refractivity contribution >= 4 is 17.5 Å². The summed E-state index contributed by atoms with van der Waals surface area (Å²) in [6.45, 7) is 10.5. The van der Waals surface area contributed by atoms with Gasteiger partial charge < -0.3 is 10.2 Å². The van der Waals surface area contributed by atoms with Crippen molar-refractivity contribution in [3.8, 4) is 0 Å². The summed E-state index contributed by atoms with van der Waals surface area (Å²) in [4.78, 5) is 21.4. The zero-order chi connectivity index (χ0) is 16.2. The van der Waals surface area contributed by atoms with Crippen molar-refractivity contribution < 1.29 is 4.92 Å². The van der Waals surface area contributed by atoms with Gasteiger partial charge in [0, 0.05) is 19.1 Å². The number of rotatable bonds is 7. The summed E-state index contributed by atoms with van der Waals surface area (Å²) >= 11 is 0. The third-order valence-corrected chi connectivity index (χ3v) is 3.85. The fourth-order valence-electron chi connectivity index (χ4n) is 1.84. The van der Waals surface area contributed by atoms with Crippen LogP contribution in [0.4, 0.5) is 17.5 Å². The van der Waals surface area contributed by atoms with E-state index in [1.54, 1.807) is 6.92 Å². The summed E-state index contributed by atoms with van der Waals surface area (Å²) in [6.07, 6.45) is 1.78. The molecule has 0 spiro atoms. The highest BCUT2D eigenvalue weighted by Gasteiger charge is 2.31. The van der Waals surface area contributed by atoms with Crippen LogP contribution in [-0.2, 0) is 0 Å². The molecule has 1 rings (SSSR count). The molecule has 0 unspecified atom stereocenters. The first-order chi connectivity index (χ1) is 9.74. The van der Waals surface area contributed by atoms with Crippen LogP contribution in [0.15, 0.2) is 0 Å². The average Bonchev–Trinajstić information content (AvgIpc) is 2.42. The molecule has 1 aromatic rings. The lowest BCUT2D eigenvalue weighted by atomic mass is 10.00. The molecule has 0 saturated carbocycles. The highest BCUT2D eigenvalue weighted by Crippen LogP contribution is 2.33. The number of hydrogen-bond donors (Lipinski definition) is 1. The molecule has 0 atom stereocenters. The van der Waals surface area contributed by atoms with Gasteiger partial charge in [-0.3, -0.25) is 10.1 Å². The van der Waals surface area contributed by atoms with Crippen molar-refractivity contribution in [1.82, 2.24) is 9.97 Å². The molecule has 7 heteroatoms. The minimum absolute atomic E-state index is 0.0268. The first-order valence-electron chi connectivity index (χ1n) is 7.25. The maximum atomic E-state index is 11.4. The van der Waals surface area contributed by atoms with Crippen LogP contribution >= 0.6 is 0 Å². The largest absolute Gasteiger partial charge is 0.354 e. The monoisotopic (exact) mass is 295 g/mol. The molecule has 0 aliphatic heterocycles. The second-order valence-corrected chi connectivity index (χ2v) is 5.71. The van der Waals surface area contributed by atoms with E-state index in [4.69, 9.17) is 0 Å². The van der Waals surface area contributed by atoms with Crippen LogP contribution in [0.2, 0.25) is 0 Å². The highest BCUT2D eigenvalue weighted by atomic mass is 16.6. The molecule has 1 aromatic heterocycles. The first-order valence-corrected chi connectivity index (χ1v) is 7.25. The topological polar surface area (TPSA) is 84.2 Å². The Morgan fingerprint density at radius 2 is 1.95 bits per heavy atom. The Bertz CT molecular complexity index is 516. The zero-order valence-corrected chi connectivity index (χ0v) is 13.7. The van der Waals surface area contributed by atoms with Crippen LogP contribution in [0.3, 0.4) is 0 Å². The van der Waals surface area contributed by atoms with E-state index in [9.17, 15) is 10.1 Å². The van der Waals surface area contributed by atoms with E-state index in [0.29, 0.717) is 17.5 Å². The summed E-state index contributed by atoms with van der Waals surface area (Å²) in [6, 6.07) is 0. The molecule has 0 radical (unpaired) electrons. The smallest absolute Gasteiger partial charge is 0.332 e. The minimum Gasteiger partial charge on any atom is -0.354 e. The number of nitrogens with one attached hydrogen (secondary N) is 1. The number of aromatic nitrogens is 2. The standard InChI is InChI=1S/C14H25N5O2/c1-7-9-15-13-16-10(3)11(19(20)21)12(17-13)18(6)14(4,5)8-2/h7-9H2,1-6H3,(H,15,16,17). The van der Waals surface area contributed by atoms with Gasteiger partial charge in [0.2, 0.25) is 11.8 Å². The maximum absolute atomic E-state index is 11.4. The van der Waals surface area contributed by atoms with Crippen LogP contribution in [0, 0.1) is 17.0 Å². The molecule has 1 N–H and O–H groups in total. The van der Waals surface area contributed by atoms with Crippen molar-refractivity contribution in [2.45, 2.75) is 53.0 Å². The van der Waals surface area contributed by atoms with Gasteiger partial charge in [-0.1, -0.05) is 13.8 Å². The van der Waals surface area contributed by atoms with E-state index in [1.165, 1.54) is 0 Å². The third kappa shape index (κ3) is 3.80. The van der Waals surface area contributed by atoms with Gasteiger partial charge in [-0.2, -0.15) is 4.98 Å². The summed E-state index contributed by atoms with van der Waals surface area (Å²) in [5.74, 6) is 0.798. The summed E-state index contributed by atoms with van der Waals surface area (Å²) in [5, 5.41) is 14.5. The van der Waals surface area contributed by atoms with E-state index in [1.807, 2.05) is 39.6 Å². The Labute approximate surface area is 125 Å². The van der Waals surface area contributed by atoms with Gasteiger partial charge in [0.15, 0.2) is 0 Å². The molecule has 0 amide bonds. The van der Waals surface area contributed by atoms with Crippen LogP contribution < -0.4 is 10.2 Å². The number of anilines is 2. The molecule has 1 heterocycles. The Hall–Kier alpha value is -1.92. The van der Waals surface area contributed by atoms with Crippen LogP contribution in [0.1, 0.15) is 46.2 Å². The molecule has 0 bridgehead atoms. The molecule has 0 fully saturated rings. The van der Waals surface area contributed by atoms with E-state index in [2.05, 4.69) is 15.3 Å². The third-order valence-electron chi connectivity index (χ3n) is 3.85. The van der Waals surface area contributed by atoms with Gasteiger partial charge in [-0.15, -0.1) is 0 Å². The van der Waals surface area contributed by atoms with E-state index in [-0.39, 0.29) is 11.2 Å². The van der Waals surface area contributed by atoms with Gasteiger partial charge >= 0.3 is 5.69 Å². The molecule has 0 aliphatic carbocycles. The van der Waals surface area contributed by atoms with E-state index < -0.39 is 4.92 Å². The minimum atomic E-state index is -0.406. The maximum Gasteiger partial charge on any atom is 0.332 e. The van der Waals surface area contributed by atoms with Gasteiger partial charge in [0.05, 0.1) is 4.92 Å². The van der Waals surface area contributed by atoms with Crippen molar-refractivity contribution in [2.75, 3.05) is 23.8 Å². The van der Waals surface area contributed by atoms with E-state index in [0.717, 1.165) is 19.4 Å². The number of aryl methyl sites for hydroxylation is 1. The first kappa shape index (κ1) is 17.1. The Morgan fingerprint density at radius 1 is 1.33 bits per heavy atom. The number of nitrogens with zero attached hydrogens (tertiary/aromatic N) is 4. The summed E-state index contributed by atoms with van der Waals surface area (Å²) in [7, 11) is 1.84. The van der Waals surface area contributed by atoms with Crippen LogP contribution in [0.25, 0.3) is 0 Å². The average molecular weight is 295 g/mol. The number of nitro groups is 1. The quantitative estimate of drug-likeness (QED) is 0.614. The van der Waals surface area contributed by atoms with Crippen LogP contribution in [-0.4, -0.2) is 34.0 Å². The fourth-order valence-corrected chi connectivity index (χ4v) is 1.84. The molecule has 0 saturated heterocycles. The summed E-state index contributed by atoms with van der Waals surface area (Å²) in [5.41, 5.74) is 0.122. The normalized spacial score (nSPS) is 11.3. The molecule has 118 valence electrons. The van der Waals surface area contributed by atoms with Crippen molar-refractivity contribution in [2.24, 2.45) is 0 Å². The Balaban J connectivity index is 3.37. The van der Waals surface area contributed by atoms with Gasteiger partial charge in [-0.25, -0.2) is 4.98 Å². The molecule has 7 nitrogen and oxygen atoms in total. The number of hydrogen-bond acceptors (Lipinski definition) is 6. The van der Waals surface area contributed by atoms with Gasteiger partial charge in [0.25, 0.3) is 0 Å². The SMILES string of the molecule is CCCNc1nc(C)c([N+](=O)[O-])c(N(C)C(C)(C)CC)n1. The predicted molar refractivity (Wildman–Crippen MR) is 85.0 cm³/mol. The lowest BCUT2D eigenvalue weighted by molar-refractivity contribution is -0.385.